The van der Waals surface area contributed by atoms with E-state index in [1.54, 1.807) is 36.5 Å². The summed E-state index contributed by atoms with van der Waals surface area (Å²) in [6.45, 7) is 1.56. The first kappa shape index (κ1) is 25.4. The number of benzene rings is 2. The van der Waals surface area contributed by atoms with Crippen LogP contribution in [0, 0.1) is 29.7 Å². The molecular formula is C25H23N9O4. The second-order valence-electron chi connectivity index (χ2n) is 8.04. The van der Waals surface area contributed by atoms with Gasteiger partial charge in [0, 0.05) is 5.56 Å². The highest BCUT2D eigenvalue weighted by Gasteiger charge is 2.30. The van der Waals surface area contributed by atoms with Gasteiger partial charge < -0.3 is 31.1 Å². The lowest BCUT2D eigenvalue weighted by Crippen LogP contribution is -2.32. The van der Waals surface area contributed by atoms with Gasteiger partial charge in [-0.05, 0) is 36.8 Å². The van der Waals surface area contributed by atoms with Crippen LogP contribution in [0.5, 0.6) is 11.5 Å². The lowest BCUT2D eigenvalue weighted by atomic mass is 9.95. The fourth-order valence-electron chi connectivity index (χ4n) is 3.70. The summed E-state index contributed by atoms with van der Waals surface area (Å²) < 4.78 is 11.1. The molecule has 0 aliphatic carbocycles. The Morgan fingerprint density at radius 3 is 2.61 bits per heavy atom. The number of hydrogen-bond acceptors (Lipinski definition) is 13. The highest BCUT2D eigenvalue weighted by atomic mass is 16.7. The first-order chi connectivity index (χ1) is 18.3. The number of nitrogens with one attached hydrogen (secondary N) is 3. The number of rotatable bonds is 7. The number of methoxy groups -OCH3 is 1. The van der Waals surface area contributed by atoms with E-state index in [9.17, 15) is 10.1 Å². The maximum absolute atomic E-state index is 12.2. The van der Waals surface area contributed by atoms with Crippen LogP contribution >= 0.6 is 0 Å². The van der Waals surface area contributed by atoms with E-state index in [2.05, 4.69) is 26.1 Å². The number of nitriles is 2. The number of anilines is 4. The molecule has 4 rings (SSSR count). The predicted octanol–water partition coefficient (Wildman–Crippen LogP) is 2.33. The second-order valence-corrected chi connectivity index (χ2v) is 8.04. The maximum Gasteiger partial charge on any atom is 0.369 e. The fourth-order valence-corrected chi connectivity index (χ4v) is 3.70. The summed E-state index contributed by atoms with van der Waals surface area (Å²) in [6, 6.07) is 13.4. The highest BCUT2D eigenvalue weighted by Crippen LogP contribution is 2.42. The van der Waals surface area contributed by atoms with Crippen LogP contribution < -0.4 is 37.1 Å². The molecule has 38 heavy (non-hydrogen) atoms. The van der Waals surface area contributed by atoms with Crippen LogP contribution in [0.15, 0.2) is 47.5 Å². The summed E-state index contributed by atoms with van der Waals surface area (Å²) in [6.07, 6.45) is 1.79. The van der Waals surface area contributed by atoms with Crippen molar-refractivity contribution in [1.29, 1.82) is 10.5 Å². The average molecular weight is 514 g/mol. The number of guanidine groups is 1. The Bertz CT molecular complexity index is 1490. The molecule has 13 heteroatoms. The zero-order valence-corrected chi connectivity index (χ0v) is 20.4. The molecule has 1 atom stereocenters. The van der Waals surface area contributed by atoms with Crippen molar-refractivity contribution in [3.8, 4) is 23.8 Å². The molecule has 192 valence electrons. The average Bonchev–Trinajstić information content (AvgIpc) is 2.91. The van der Waals surface area contributed by atoms with Gasteiger partial charge in [-0.25, -0.2) is 20.3 Å². The number of aliphatic imine (C=N–C) groups is 1. The van der Waals surface area contributed by atoms with Gasteiger partial charge in [-0.15, -0.1) is 0 Å². The van der Waals surface area contributed by atoms with Gasteiger partial charge in [0.2, 0.25) is 5.96 Å². The topological polar surface area (TPSA) is 206 Å². The Labute approximate surface area is 217 Å². The minimum atomic E-state index is -0.770. The van der Waals surface area contributed by atoms with E-state index < -0.39 is 12.0 Å². The van der Waals surface area contributed by atoms with Gasteiger partial charge in [0.15, 0.2) is 24.3 Å². The van der Waals surface area contributed by atoms with Crippen LogP contribution in [0.25, 0.3) is 0 Å². The Kier molecular flexibility index (Phi) is 7.30. The van der Waals surface area contributed by atoms with E-state index in [0.29, 0.717) is 22.6 Å². The molecule has 1 aliphatic rings. The Balaban J connectivity index is 1.56. The van der Waals surface area contributed by atoms with Crippen molar-refractivity contribution >= 4 is 34.9 Å². The molecule has 0 saturated carbocycles. The van der Waals surface area contributed by atoms with E-state index in [1.807, 2.05) is 25.1 Å². The normalized spacial score (nSPS) is 13.5. The van der Waals surface area contributed by atoms with Gasteiger partial charge in [-0.3, -0.25) is 5.32 Å². The molecule has 1 unspecified atom stereocenters. The number of aryl methyl sites for hydroxylation is 1. The molecule has 7 N–H and O–H groups in total. The highest BCUT2D eigenvalue weighted by molar-refractivity contribution is 5.98. The minimum Gasteiger partial charge on any atom is -0.493 e. The number of aromatic nitrogens is 1. The molecule has 2 aromatic carbocycles. The van der Waals surface area contributed by atoms with Crippen molar-refractivity contribution in [2.75, 3.05) is 36.0 Å². The molecular weight excluding hydrogens is 490 g/mol. The molecule has 1 aromatic heterocycles. The smallest absolute Gasteiger partial charge is 0.369 e. The summed E-state index contributed by atoms with van der Waals surface area (Å²) >= 11 is 0. The van der Waals surface area contributed by atoms with Gasteiger partial charge >= 0.3 is 5.97 Å². The summed E-state index contributed by atoms with van der Waals surface area (Å²) in [5, 5.41) is 23.9. The molecule has 13 nitrogen and oxygen atoms in total. The van der Waals surface area contributed by atoms with Crippen molar-refractivity contribution in [1.82, 2.24) is 10.3 Å². The maximum atomic E-state index is 12.2. The molecule has 0 bridgehead atoms. The van der Waals surface area contributed by atoms with Crippen LogP contribution in [-0.4, -0.2) is 30.6 Å². The molecule has 0 saturated heterocycles. The van der Waals surface area contributed by atoms with Crippen molar-refractivity contribution in [2.45, 2.75) is 13.0 Å². The lowest BCUT2D eigenvalue weighted by molar-refractivity contribution is -0.143. The molecule has 0 fully saturated rings. The third-order valence-corrected chi connectivity index (χ3v) is 5.54. The van der Waals surface area contributed by atoms with E-state index in [1.165, 1.54) is 7.11 Å². The number of nitrogen functional groups attached to an aromatic ring is 2. The summed E-state index contributed by atoms with van der Waals surface area (Å²) in [7, 11) is 1.44. The predicted molar refractivity (Wildman–Crippen MR) is 139 cm³/mol. The Hall–Kier alpha value is -5.69. The summed E-state index contributed by atoms with van der Waals surface area (Å²) in [4.78, 5) is 25.9. The monoisotopic (exact) mass is 513 g/mol. The van der Waals surface area contributed by atoms with Gasteiger partial charge in [0.05, 0.1) is 18.5 Å². The van der Waals surface area contributed by atoms with Crippen LogP contribution in [0.1, 0.15) is 28.3 Å². The van der Waals surface area contributed by atoms with Crippen molar-refractivity contribution in [3.63, 3.8) is 0 Å². The first-order valence-electron chi connectivity index (χ1n) is 11.2. The minimum absolute atomic E-state index is 0.0205. The van der Waals surface area contributed by atoms with Crippen LogP contribution in [0.2, 0.25) is 0 Å². The molecule has 1 aliphatic heterocycles. The number of fused-ring (bicyclic) bond motifs is 1. The van der Waals surface area contributed by atoms with Crippen molar-refractivity contribution < 1.29 is 19.1 Å². The molecule has 0 amide bonds. The number of pyridine rings is 1. The molecule has 2 heterocycles. The number of nitrogens with two attached hydrogens (primary N) is 2. The quantitative estimate of drug-likeness (QED) is 0.175. The van der Waals surface area contributed by atoms with Gasteiger partial charge in [0.1, 0.15) is 29.3 Å². The van der Waals surface area contributed by atoms with Crippen LogP contribution in [0.3, 0.4) is 0 Å². The van der Waals surface area contributed by atoms with Gasteiger partial charge in [-0.1, -0.05) is 23.8 Å². The second kappa shape index (κ2) is 10.9. The Morgan fingerprint density at radius 2 is 1.92 bits per heavy atom. The molecule has 0 spiro atoms. The SMILES string of the molecule is COc1cc(C2N=C(NC#N)Nc3nc(N)c(C#N)c(N)c32)ccc1OCC(=O)ONc1ccc(C)cc1. The van der Waals surface area contributed by atoms with Crippen molar-refractivity contribution in [2.24, 2.45) is 4.99 Å². The van der Waals surface area contributed by atoms with E-state index in [-0.39, 0.29) is 41.2 Å². The standard InChI is InChI=1S/C25H23N9O4/c1-13-3-6-15(7-4-13)34-38-19(35)11-37-17-8-5-14(9-18(17)36-2)22-20-21(28)16(10-26)23(29)32-24(20)33-25(31-22)30-12-27/h3-9,22,34H,11H2,1-2H3,(H6,28,29,30,31,32,33). The number of nitrogens with zero attached hydrogens (tertiary/aromatic N) is 4. The third-order valence-electron chi connectivity index (χ3n) is 5.54. The zero-order chi connectivity index (χ0) is 27.2. The van der Waals surface area contributed by atoms with Crippen molar-refractivity contribution in [3.05, 3.63) is 64.7 Å². The van der Waals surface area contributed by atoms with Crippen LogP contribution in [-0.2, 0) is 9.63 Å². The van der Waals surface area contributed by atoms with Gasteiger partial charge in [0.25, 0.3) is 0 Å². The fraction of sp³-hybridized carbons (Fsp3) is 0.160. The lowest BCUT2D eigenvalue weighted by Gasteiger charge is -2.26. The van der Waals surface area contributed by atoms with Gasteiger partial charge in [-0.2, -0.15) is 10.5 Å². The van der Waals surface area contributed by atoms with E-state index in [0.717, 1.165) is 5.56 Å². The largest absolute Gasteiger partial charge is 0.493 e. The third kappa shape index (κ3) is 5.27. The number of hydrogen-bond donors (Lipinski definition) is 5. The number of carbonyl (C=O) groups excluding carboxylic acids is 1. The van der Waals surface area contributed by atoms with E-state index in [4.69, 9.17) is 31.0 Å². The van der Waals surface area contributed by atoms with E-state index >= 15 is 0 Å². The number of ether oxygens (including phenoxy) is 2. The molecule has 0 radical (unpaired) electrons. The zero-order valence-electron chi connectivity index (χ0n) is 20.4. The number of carbonyl (C=O) groups is 1. The van der Waals surface area contributed by atoms with Crippen LogP contribution in [0.4, 0.5) is 23.0 Å². The Morgan fingerprint density at radius 1 is 1.16 bits per heavy atom. The summed E-state index contributed by atoms with van der Waals surface area (Å²) in [5.41, 5.74) is 17.5. The molecule has 3 aromatic rings. The first-order valence-corrected chi connectivity index (χ1v) is 11.2. The summed E-state index contributed by atoms with van der Waals surface area (Å²) in [5.74, 6) is 0.232.